The highest BCUT2D eigenvalue weighted by atomic mass is 32.1. The third-order valence-corrected chi connectivity index (χ3v) is 5.29. The van der Waals surface area contributed by atoms with Crippen molar-refractivity contribution in [2.45, 2.75) is 6.92 Å². The molecule has 0 aliphatic heterocycles. The molecule has 4 aromatic rings. The van der Waals surface area contributed by atoms with E-state index >= 15 is 0 Å². The summed E-state index contributed by atoms with van der Waals surface area (Å²) < 4.78 is 0. The monoisotopic (exact) mass is 367 g/mol. The Hall–Kier alpha value is -3.10. The van der Waals surface area contributed by atoms with Crippen LogP contribution in [0.4, 0.5) is 17.1 Å². The zero-order valence-corrected chi connectivity index (χ0v) is 16.1. The normalized spacial score (nSPS) is 11.0. The number of hydrogen-bond donors (Lipinski definition) is 0. The highest BCUT2D eigenvalue weighted by molar-refractivity contribution is 7.10. The van der Waals surface area contributed by atoms with E-state index in [1.807, 2.05) is 0 Å². The van der Waals surface area contributed by atoms with Crippen LogP contribution in [0.3, 0.4) is 0 Å². The van der Waals surface area contributed by atoms with Crippen LogP contribution < -0.4 is 4.90 Å². The fraction of sp³-hybridized carbons (Fsp3) is 0.0400. The molecule has 0 aliphatic rings. The van der Waals surface area contributed by atoms with Crippen LogP contribution in [0, 0.1) is 6.92 Å². The first-order valence-electron chi connectivity index (χ1n) is 9.04. The van der Waals surface area contributed by atoms with Gasteiger partial charge in [-0.25, -0.2) is 0 Å². The van der Waals surface area contributed by atoms with Crippen molar-refractivity contribution in [2.24, 2.45) is 0 Å². The minimum absolute atomic E-state index is 1.15. The van der Waals surface area contributed by atoms with Crippen LogP contribution in [-0.2, 0) is 0 Å². The lowest BCUT2D eigenvalue weighted by Gasteiger charge is -2.27. The van der Waals surface area contributed by atoms with E-state index in [1.165, 1.54) is 16.0 Å². The third kappa shape index (κ3) is 4.02. The Morgan fingerprint density at radius 1 is 0.704 bits per heavy atom. The topological polar surface area (TPSA) is 3.24 Å². The standard InChI is InChI=1S/C25H21NS/c1-20-18-21(19-27-20)16-17-22-10-8-9-15-25(22)26(23-11-4-2-5-12-23)24-13-6-3-7-14-24/h2-19H,1H3/b17-16+. The molecular weight excluding hydrogens is 346 g/mol. The summed E-state index contributed by atoms with van der Waals surface area (Å²) in [5.74, 6) is 0. The molecule has 3 aromatic carbocycles. The second-order valence-electron chi connectivity index (χ2n) is 6.39. The molecule has 0 aliphatic carbocycles. The number of benzene rings is 3. The summed E-state index contributed by atoms with van der Waals surface area (Å²) in [4.78, 5) is 3.64. The summed E-state index contributed by atoms with van der Waals surface area (Å²) in [6, 6.07) is 31.8. The van der Waals surface area contributed by atoms with E-state index in [2.05, 4.69) is 120 Å². The van der Waals surface area contributed by atoms with Crippen LogP contribution in [0.25, 0.3) is 12.2 Å². The molecule has 0 spiro atoms. The molecular formula is C25H21NS. The highest BCUT2D eigenvalue weighted by Gasteiger charge is 2.14. The third-order valence-electron chi connectivity index (χ3n) is 4.41. The van der Waals surface area contributed by atoms with Gasteiger partial charge in [0.15, 0.2) is 0 Å². The largest absolute Gasteiger partial charge is 0.310 e. The Bertz CT molecular complexity index is 993. The first-order valence-corrected chi connectivity index (χ1v) is 9.92. The van der Waals surface area contributed by atoms with E-state index in [9.17, 15) is 0 Å². The van der Waals surface area contributed by atoms with Crippen LogP contribution in [0.2, 0.25) is 0 Å². The molecule has 0 unspecified atom stereocenters. The molecule has 27 heavy (non-hydrogen) atoms. The first kappa shape index (κ1) is 17.3. The summed E-state index contributed by atoms with van der Waals surface area (Å²) in [6.45, 7) is 2.14. The van der Waals surface area contributed by atoms with Gasteiger partial charge >= 0.3 is 0 Å². The zero-order chi connectivity index (χ0) is 18.5. The highest BCUT2D eigenvalue weighted by Crippen LogP contribution is 2.36. The molecule has 132 valence electrons. The van der Waals surface area contributed by atoms with E-state index < -0.39 is 0 Å². The van der Waals surface area contributed by atoms with Gasteiger partial charge in [0.1, 0.15) is 0 Å². The van der Waals surface area contributed by atoms with E-state index in [1.54, 1.807) is 11.3 Å². The van der Waals surface area contributed by atoms with Gasteiger partial charge in [0.05, 0.1) is 5.69 Å². The van der Waals surface area contributed by atoms with Crippen molar-refractivity contribution < 1.29 is 0 Å². The average Bonchev–Trinajstić information content (AvgIpc) is 3.14. The van der Waals surface area contributed by atoms with Gasteiger partial charge in [0.2, 0.25) is 0 Å². The maximum Gasteiger partial charge on any atom is 0.0533 e. The number of para-hydroxylation sites is 3. The number of thiophene rings is 1. The van der Waals surface area contributed by atoms with Crippen molar-refractivity contribution in [3.8, 4) is 0 Å². The molecule has 1 heterocycles. The smallest absolute Gasteiger partial charge is 0.0533 e. The minimum Gasteiger partial charge on any atom is -0.310 e. The Kier molecular flexibility index (Phi) is 5.17. The molecule has 2 heteroatoms. The van der Waals surface area contributed by atoms with Crippen LogP contribution >= 0.6 is 11.3 Å². The molecule has 1 nitrogen and oxygen atoms in total. The molecule has 0 radical (unpaired) electrons. The van der Waals surface area contributed by atoms with Gasteiger partial charge in [-0.2, -0.15) is 0 Å². The van der Waals surface area contributed by atoms with Crippen molar-refractivity contribution in [2.75, 3.05) is 4.90 Å². The van der Waals surface area contributed by atoms with Crippen molar-refractivity contribution in [3.05, 3.63) is 112 Å². The number of nitrogens with zero attached hydrogens (tertiary/aromatic N) is 1. The van der Waals surface area contributed by atoms with Crippen LogP contribution in [0.1, 0.15) is 16.0 Å². The molecule has 4 rings (SSSR count). The van der Waals surface area contributed by atoms with Crippen LogP contribution in [0.15, 0.2) is 96.4 Å². The molecule has 1 aromatic heterocycles. The Morgan fingerprint density at radius 3 is 1.89 bits per heavy atom. The van der Waals surface area contributed by atoms with E-state index in [-0.39, 0.29) is 0 Å². The Morgan fingerprint density at radius 2 is 1.30 bits per heavy atom. The zero-order valence-electron chi connectivity index (χ0n) is 15.2. The molecule has 0 saturated carbocycles. The van der Waals surface area contributed by atoms with Gasteiger partial charge in [-0.15, -0.1) is 11.3 Å². The van der Waals surface area contributed by atoms with Gasteiger partial charge in [0, 0.05) is 16.3 Å². The molecule has 0 amide bonds. The Balaban J connectivity index is 1.80. The minimum atomic E-state index is 1.15. The summed E-state index contributed by atoms with van der Waals surface area (Å²) in [7, 11) is 0. The van der Waals surface area contributed by atoms with Crippen molar-refractivity contribution in [1.82, 2.24) is 0 Å². The van der Waals surface area contributed by atoms with E-state index in [4.69, 9.17) is 0 Å². The van der Waals surface area contributed by atoms with Gasteiger partial charge in [-0.1, -0.05) is 66.7 Å². The van der Waals surface area contributed by atoms with Gasteiger partial charge in [-0.05, 0) is 59.8 Å². The molecule has 0 saturated heterocycles. The van der Waals surface area contributed by atoms with Gasteiger partial charge < -0.3 is 4.90 Å². The van der Waals surface area contributed by atoms with Gasteiger partial charge in [0.25, 0.3) is 0 Å². The van der Waals surface area contributed by atoms with E-state index in [0.29, 0.717) is 0 Å². The lowest BCUT2D eigenvalue weighted by Crippen LogP contribution is -2.10. The molecule has 0 N–H and O–H groups in total. The van der Waals surface area contributed by atoms with Crippen LogP contribution in [-0.4, -0.2) is 0 Å². The van der Waals surface area contributed by atoms with Gasteiger partial charge in [-0.3, -0.25) is 0 Å². The second kappa shape index (κ2) is 8.07. The first-order chi connectivity index (χ1) is 13.3. The quantitative estimate of drug-likeness (QED) is 0.349. The number of aryl methyl sites for hydroxylation is 1. The summed E-state index contributed by atoms with van der Waals surface area (Å²) >= 11 is 1.78. The number of rotatable bonds is 5. The number of anilines is 3. The van der Waals surface area contributed by atoms with Crippen LogP contribution in [0.5, 0.6) is 0 Å². The summed E-state index contributed by atoms with van der Waals surface area (Å²) in [5, 5.41) is 2.20. The molecule has 0 fully saturated rings. The lowest BCUT2D eigenvalue weighted by molar-refractivity contribution is 1.28. The summed E-state index contributed by atoms with van der Waals surface area (Å²) in [6.07, 6.45) is 4.40. The summed E-state index contributed by atoms with van der Waals surface area (Å²) in [5.41, 5.74) is 5.90. The molecule has 0 atom stereocenters. The predicted octanol–water partition coefficient (Wildman–Crippen LogP) is 7.70. The molecule has 0 bridgehead atoms. The van der Waals surface area contributed by atoms with Crippen molar-refractivity contribution >= 4 is 40.6 Å². The second-order valence-corrected chi connectivity index (χ2v) is 7.50. The fourth-order valence-corrected chi connectivity index (χ4v) is 3.82. The lowest BCUT2D eigenvalue weighted by atomic mass is 10.1. The van der Waals surface area contributed by atoms with E-state index in [0.717, 1.165) is 17.1 Å². The average molecular weight is 368 g/mol. The Labute approximate surface area is 164 Å². The fourth-order valence-electron chi connectivity index (χ4n) is 3.15. The maximum absolute atomic E-state index is 2.30. The predicted molar refractivity (Wildman–Crippen MR) is 119 cm³/mol. The maximum atomic E-state index is 2.30. The SMILES string of the molecule is Cc1cc(/C=C/c2ccccc2N(c2ccccc2)c2ccccc2)cs1. The van der Waals surface area contributed by atoms with Crippen molar-refractivity contribution in [1.29, 1.82) is 0 Å². The number of hydrogen-bond acceptors (Lipinski definition) is 2. The van der Waals surface area contributed by atoms with Crippen molar-refractivity contribution in [3.63, 3.8) is 0 Å².